The average Bonchev–Trinajstić information content (AvgIpc) is 2.28. The van der Waals surface area contributed by atoms with E-state index in [2.05, 4.69) is 0 Å². The van der Waals surface area contributed by atoms with Gasteiger partial charge in [-0.05, 0) is 12.1 Å². The molecule has 82 valence electrons. The smallest absolute Gasteiger partial charge is 0.125 e. The highest BCUT2D eigenvalue weighted by Gasteiger charge is 2.25. The van der Waals surface area contributed by atoms with Gasteiger partial charge in [-0.15, -0.1) is 0 Å². The van der Waals surface area contributed by atoms with Crippen LogP contribution in [0.15, 0.2) is 12.1 Å². The standard InChI is InChI=1S/C11H14O3S/c1-13-9-3-4-10(14-2)11-7(9)5-15-6-8(11)12/h3-4,8,12H,5-6H2,1-2H3/t8-/m0/s1. The Morgan fingerprint density at radius 2 is 1.93 bits per heavy atom. The summed E-state index contributed by atoms with van der Waals surface area (Å²) in [7, 11) is 3.27. The summed E-state index contributed by atoms with van der Waals surface area (Å²) < 4.78 is 10.5. The van der Waals surface area contributed by atoms with Crippen molar-refractivity contribution in [1.82, 2.24) is 0 Å². The van der Waals surface area contributed by atoms with E-state index in [1.165, 1.54) is 0 Å². The van der Waals surface area contributed by atoms with Crippen LogP contribution in [0.1, 0.15) is 17.2 Å². The van der Waals surface area contributed by atoms with Crippen LogP contribution in [0, 0.1) is 0 Å². The molecule has 1 aliphatic rings. The van der Waals surface area contributed by atoms with E-state index in [9.17, 15) is 5.11 Å². The van der Waals surface area contributed by atoms with Crippen LogP contribution in [0.25, 0.3) is 0 Å². The van der Waals surface area contributed by atoms with E-state index in [1.54, 1.807) is 26.0 Å². The third kappa shape index (κ3) is 1.79. The summed E-state index contributed by atoms with van der Waals surface area (Å²) in [4.78, 5) is 0. The van der Waals surface area contributed by atoms with Crippen molar-refractivity contribution in [2.75, 3.05) is 20.0 Å². The van der Waals surface area contributed by atoms with Crippen LogP contribution in [0.2, 0.25) is 0 Å². The van der Waals surface area contributed by atoms with Gasteiger partial charge < -0.3 is 14.6 Å². The van der Waals surface area contributed by atoms with Gasteiger partial charge in [0.25, 0.3) is 0 Å². The molecule has 0 fully saturated rings. The van der Waals surface area contributed by atoms with Crippen LogP contribution >= 0.6 is 11.8 Å². The quantitative estimate of drug-likeness (QED) is 0.837. The lowest BCUT2D eigenvalue weighted by atomic mass is 10.0. The number of hydrogen-bond acceptors (Lipinski definition) is 4. The predicted octanol–water partition coefficient (Wildman–Crippen LogP) is 1.98. The van der Waals surface area contributed by atoms with Crippen molar-refractivity contribution < 1.29 is 14.6 Å². The van der Waals surface area contributed by atoms with Gasteiger partial charge >= 0.3 is 0 Å². The fourth-order valence-electron chi connectivity index (χ4n) is 1.86. The molecule has 0 radical (unpaired) electrons. The Kier molecular flexibility index (Phi) is 3.07. The lowest BCUT2D eigenvalue weighted by Gasteiger charge is -2.24. The number of thioether (sulfide) groups is 1. The molecule has 15 heavy (non-hydrogen) atoms. The first-order valence-electron chi connectivity index (χ1n) is 4.77. The molecule has 2 rings (SSSR count). The molecular weight excluding hydrogens is 212 g/mol. The molecule has 1 atom stereocenters. The average molecular weight is 226 g/mol. The summed E-state index contributed by atoms with van der Waals surface area (Å²) >= 11 is 1.71. The van der Waals surface area contributed by atoms with E-state index in [-0.39, 0.29) is 0 Å². The van der Waals surface area contributed by atoms with Crippen molar-refractivity contribution in [3.63, 3.8) is 0 Å². The maximum absolute atomic E-state index is 9.94. The van der Waals surface area contributed by atoms with E-state index in [4.69, 9.17) is 9.47 Å². The van der Waals surface area contributed by atoms with Crippen molar-refractivity contribution in [3.8, 4) is 11.5 Å². The Bertz CT molecular complexity index is 365. The van der Waals surface area contributed by atoms with Crippen molar-refractivity contribution in [3.05, 3.63) is 23.3 Å². The second kappa shape index (κ2) is 4.33. The van der Waals surface area contributed by atoms with E-state index in [0.29, 0.717) is 0 Å². The van der Waals surface area contributed by atoms with Gasteiger partial charge in [0.15, 0.2) is 0 Å². The Hall–Kier alpha value is -0.870. The van der Waals surface area contributed by atoms with Crippen LogP contribution in [0.4, 0.5) is 0 Å². The first-order valence-corrected chi connectivity index (χ1v) is 5.93. The first kappa shape index (κ1) is 10.6. The molecule has 3 nitrogen and oxygen atoms in total. The molecule has 0 unspecified atom stereocenters. The minimum Gasteiger partial charge on any atom is -0.496 e. The molecule has 0 aliphatic carbocycles. The highest BCUT2D eigenvalue weighted by molar-refractivity contribution is 7.98. The van der Waals surface area contributed by atoms with E-state index in [1.807, 2.05) is 12.1 Å². The van der Waals surface area contributed by atoms with Gasteiger partial charge in [0.1, 0.15) is 11.5 Å². The Morgan fingerprint density at radius 3 is 2.60 bits per heavy atom. The van der Waals surface area contributed by atoms with Gasteiger partial charge in [0.05, 0.1) is 20.3 Å². The minimum atomic E-state index is -0.455. The maximum Gasteiger partial charge on any atom is 0.125 e. The van der Waals surface area contributed by atoms with Gasteiger partial charge in [-0.3, -0.25) is 0 Å². The van der Waals surface area contributed by atoms with Crippen molar-refractivity contribution in [1.29, 1.82) is 0 Å². The zero-order valence-electron chi connectivity index (χ0n) is 8.82. The molecule has 0 amide bonds. The van der Waals surface area contributed by atoms with Crippen molar-refractivity contribution >= 4 is 11.8 Å². The van der Waals surface area contributed by atoms with Gasteiger partial charge in [0.2, 0.25) is 0 Å². The summed E-state index contributed by atoms with van der Waals surface area (Å²) in [5.74, 6) is 3.17. The van der Waals surface area contributed by atoms with Gasteiger partial charge in [-0.1, -0.05) is 0 Å². The second-order valence-electron chi connectivity index (χ2n) is 3.39. The Labute approximate surface area is 93.4 Å². The molecular formula is C11H14O3S. The molecule has 1 heterocycles. The molecule has 0 spiro atoms. The number of rotatable bonds is 2. The number of aliphatic hydroxyl groups is 1. The Morgan fingerprint density at radius 1 is 1.27 bits per heavy atom. The van der Waals surface area contributed by atoms with E-state index >= 15 is 0 Å². The summed E-state index contributed by atoms with van der Waals surface area (Å²) in [6.07, 6.45) is -0.455. The van der Waals surface area contributed by atoms with Gasteiger partial charge in [0, 0.05) is 22.6 Å². The number of methoxy groups -OCH3 is 2. The minimum absolute atomic E-state index is 0.455. The fourth-order valence-corrected chi connectivity index (χ4v) is 2.87. The van der Waals surface area contributed by atoms with E-state index < -0.39 is 6.10 Å². The number of aliphatic hydroxyl groups excluding tert-OH is 1. The largest absolute Gasteiger partial charge is 0.496 e. The molecule has 1 N–H and O–H groups in total. The van der Waals surface area contributed by atoms with Crippen LogP contribution < -0.4 is 9.47 Å². The third-order valence-electron chi connectivity index (χ3n) is 2.57. The highest BCUT2D eigenvalue weighted by atomic mass is 32.2. The summed E-state index contributed by atoms with van der Waals surface area (Å²) in [5, 5.41) is 9.94. The molecule has 1 aromatic carbocycles. The summed E-state index contributed by atoms with van der Waals surface area (Å²) in [5.41, 5.74) is 1.94. The summed E-state index contributed by atoms with van der Waals surface area (Å²) in [6, 6.07) is 3.73. The van der Waals surface area contributed by atoms with E-state index in [0.717, 1.165) is 34.1 Å². The van der Waals surface area contributed by atoms with Crippen molar-refractivity contribution in [2.45, 2.75) is 11.9 Å². The zero-order valence-corrected chi connectivity index (χ0v) is 9.63. The van der Waals surface area contributed by atoms with Gasteiger partial charge in [-0.25, -0.2) is 0 Å². The number of hydrogen-bond donors (Lipinski definition) is 1. The molecule has 4 heteroatoms. The normalized spacial score (nSPS) is 19.5. The monoisotopic (exact) mass is 226 g/mol. The Balaban J connectivity index is 2.56. The SMILES string of the molecule is COc1ccc(OC)c2c1CSC[C@@H]2O. The molecule has 0 saturated heterocycles. The predicted molar refractivity (Wildman–Crippen MR) is 60.7 cm³/mol. The maximum atomic E-state index is 9.94. The first-order chi connectivity index (χ1) is 7.27. The lowest BCUT2D eigenvalue weighted by molar-refractivity contribution is 0.195. The molecule has 1 aromatic rings. The third-order valence-corrected chi connectivity index (χ3v) is 3.61. The highest BCUT2D eigenvalue weighted by Crippen LogP contribution is 2.42. The molecule has 0 saturated carbocycles. The lowest BCUT2D eigenvalue weighted by Crippen LogP contribution is -2.12. The number of ether oxygens (including phenoxy) is 2. The number of benzene rings is 1. The van der Waals surface area contributed by atoms with Crippen LogP contribution in [0.3, 0.4) is 0 Å². The van der Waals surface area contributed by atoms with Crippen LogP contribution in [0.5, 0.6) is 11.5 Å². The number of fused-ring (bicyclic) bond motifs is 1. The second-order valence-corrected chi connectivity index (χ2v) is 4.42. The van der Waals surface area contributed by atoms with Crippen molar-refractivity contribution in [2.24, 2.45) is 0 Å². The van der Waals surface area contributed by atoms with Crippen LogP contribution in [-0.4, -0.2) is 25.1 Å². The fraction of sp³-hybridized carbons (Fsp3) is 0.455. The zero-order chi connectivity index (χ0) is 10.8. The summed E-state index contributed by atoms with van der Waals surface area (Å²) in [6.45, 7) is 0. The molecule has 1 aliphatic heterocycles. The molecule has 0 bridgehead atoms. The van der Waals surface area contributed by atoms with Crippen LogP contribution in [-0.2, 0) is 5.75 Å². The topological polar surface area (TPSA) is 38.7 Å². The molecule has 0 aromatic heterocycles. The van der Waals surface area contributed by atoms with Gasteiger partial charge in [-0.2, -0.15) is 11.8 Å².